The molecular formula is C32H28Na4O16S4. The minimum atomic E-state index is -5.18. The van der Waals surface area contributed by atoms with E-state index in [-0.39, 0.29) is 186 Å². The van der Waals surface area contributed by atoms with Crippen LogP contribution in [0.3, 0.4) is 0 Å². The van der Waals surface area contributed by atoms with E-state index in [0.717, 1.165) is 48.5 Å². The number of fused-ring (bicyclic) bond motifs is 8. The zero-order chi connectivity index (χ0) is 38.6. The largest absolute Gasteiger partial charge is 1.00 e. The van der Waals surface area contributed by atoms with Gasteiger partial charge in [-0.3, -0.25) is 0 Å². The van der Waals surface area contributed by atoms with Gasteiger partial charge >= 0.3 is 118 Å². The third-order valence-electron chi connectivity index (χ3n) is 8.36. The van der Waals surface area contributed by atoms with Crippen LogP contribution in [0.25, 0.3) is 0 Å². The van der Waals surface area contributed by atoms with Crippen LogP contribution in [0, 0.1) is 0 Å². The molecule has 0 saturated heterocycles. The fraction of sp³-hybridized carbons (Fsp3) is 0.250. The van der Waals surface area contributed by atoms with Gasteiger partial charge < -0.3 is 37.2 Å². The number of hydrogen-bond donors (Lipinski definition) is 0. The Kier molecular flexibility index (Phi) is 19.7. The molecule has 0 heterocycles. The molecule has 0 aromatic heterocycles. The second kappa shape index (κ2) is 20.5. The van der Waals surface area contributed by atoms with Gasteiger partial charge in [0.1, 0.15) is 63.5 Å². The van der Waals surface area contributed by atoms with Gasteiger partial charge in [-0.1, -0.05) is 0 Å². The van der Waals surface area contributed by atoms with Gasteiger partial charge in [0.2, 0.25) is 0 Å². The standard InChI is InChI=1S/C32H32O16S4.4Na/c1-45-29-17-5-19-11-26(50(36,37)38)13-21(30(19)46-2)7-23-15-28(52(42,43)44)16-24(32(23)48-4)8-22-14-27(51(39,40)41)12-20(31(22)47-3)6-18(29)10-25(9-17)49(33,34)35;;;;/h9-16H,5-8H2,1-4H3,(H,33,34,35)(H,36,37,38)(H,39,40,41)(H,42,43,44);;;;/q;4*+1/p-4. The molecule has 4 aromatic rings. The molecule has 16 nitrogen and oxygen atoms in total. The van der Waals surface area contributed by atoms with Gasteiger partial charge in [-0.15, -0.1) is 0 Å². The SMILES string of the molecule is COc1c2cc(S(=O)(=O)[O-])cc1Cc1cc(S(=O)(=O)[O-])cc(c1OC)Cc1cc(S(=O)(=O)[O-])cc(c1OC)Cc1cc(S(=O)(=O)[O-])cc(c1OC)C2.[Na+].[Na+].[Na+].[Na+]. The number of benzene rings is 4. The Bertz CT molecular complexity index is 2130. The zero-order valence-corrected chi connectivity index (χ0v) is 42.9. The van der Waals surface area contributed by atoms with Crippen molar-refractivity contribution in [3.05, 3.63) is 93.0 Å². The minimum absolute atomic E-state index is 0. The van der Waals surface area contributed by atoms with Crippen molar-refractivity contribution in [2.45, 2.75) is 45.3 Å². The predicted molar refractivity (Wildman–Crippen MR) is 175 cm³/mol. The van der Waals surface area contributed by atoms with Gasteiger partial charge in [0.15, 0.2) is 0 Å². The van der Waals surface area contributed by atoms with Crippen LogP contribution in [-0.2, 0) is 66.2 Å². The third-order valence-corrected chi connectivity index (χ3v) is 11.6. The molecule has 0 spiro atoms. The summed E-state index contributed by atoms with van der Waals surface area (Å²) in [5.74, 6) is -0.131. The monoisotopic (exact) mass is 888 g/mol. The summed E-state index contributed by atoms with van der Waals surface area (Å²) in [6.45, 7) is 0. The van der Waals surface area contributed by atoms with Gasteiger partial charge in [-0.25, -0.2) is 33.7 Å². The van der Waals surface area contributed by atoms with Gasteiger partial charge in [0, 0.05) is 70.2 Å². The first-order valence-electron chi connectivity index (χ1n) is 14.7. The van der Waals surface area contributed by atoms with Crippen molar-refractivity contribution < 1.29 is 189 Å². The molecule has 0 radical (unpaired) electrons. The normalized spacial score (nSPS) is 12.7. The van der Waals surface area contributed by atoms with Crippen LogP contribution in [-0.4, -0.2) is 80.3 Å². The van der Waals surface area contributed by atoms with Gasteiger partial charge in [0.25, 0.3) is 0 Å². The molecule has 1 aliphatic rings. The Morgan fingerprint density at radius 1 is 0.339 bits per heavy atom. The summed E-state index contributed by atoms with van der Waals surface area (Å²) >= 11 is 0. The number of hydrogen-bond acceptors (Lipinski definition) is 16. The molecule has 8 bridgehead atoms. The van der Waals surface area contributed by atoms with E-state index in [4.69, 9.17) is 18.9 Å². The van der Waals surface area contributed by atoms with Crippen LogP contribution in [0.15, 0.2) is 68.1 Å². The maximum atomic E-state index is 12.4. The molecule has 56 heavy (non-hydrogen) atoms. The summed E-state index contributed by atoms with van der Waals surface area (Å²) in [5.41, 5.74) is -0.131. The predicted octanol–water partition coefficient (Wildman–Crippen LogP) is -9.97. The number of rotatable bonds is 8. The Morgan fingerprint density at radius 2 is 0.464 bits per heavy atom. The summed E-state index contributed by atoms with van der Waals surface area (Å²) in [6.07, 6.45) is -1.69. The third kappa shape index (κ3) is 12.0. The van der Waals surface area contributed by atoms with Gasteiger partial charge in [-0.2, -0.15) is 0 Å². The Hall–Kier alpha value is -0.280. The van der Waals surface area contributed by atoms with Gasteiger partial charge in [0.05, 0.1) is 48.0 Å². The van der Waals surface area contributed by atoms with Crippen molar-refractivity contribution in [3.8, 4) is 23.0 Å². The molecule has 0 unspecified atom stereocenters. The second-order valence-electron chi connectivity index (χ2n) is 11.6. The topological polar surface area (TPSA) is 266 Å². The minimum Gasteiger partial charge on any atom is -0.744 e. The Morgan fingerprint density at radius 3 is 0.554 bits per heavy atom. The Labute approximate surface area is 413 Å². The van der Waals surface area contributed by atoms with E-state index >= 15 is 0 Å². The molecule has 24 heteroatoms. The van der Waals surface area contributed by atoms with E-state index in [0.29, 0.717) is 0 Å². The summed E-state index contributed by atoms with van der Waals surface area (Å²) < 4.78 is 171. The molecule has 0 atom stereocenters. The van der Waals surface area contributed by atoms with Crippen molar-refractivity contribution in [1.29, 1.82) is 0 Å². The van der Waals surface area contributed by atoms with Crippen LogP contribution in [0.4, 0.5) is 0 Å². The fourth-order valence-electron chi connectivity index (χ4n) is 6.39. The molecule has 280 valence electrons. The fourth-order valence-corrected chi connectivity index (χ4v) is 8.68. The molecule has 5 rings (SSSR count). The summed E-state index contributed by atoms with van der Waals surface area (Å²) in [5, 5.41) is 0. The molecule has 1 aliphatic carbocycles. The first-order valence-corrected chi connectivity index (χ1v) is 20.3. The van der Waals surface area contributed by atoms with E-state index in [9.17, 15) is 51.9 Å². The maximum Gasteiger partial charge on any atom is 1.00 e. The first-order chi connectivity index (χ1) is 24.1. The molecular weight excluding hydrogens is 861 g/mol. The molecule has 0 amide bonds. The van der Waals surface area contributed by atoms with Crippen molar-refractivity contribution in [2.24, 2.45) is 0 Å². The van der Waals surface area contributed by atoms with Gasteiger partial charge in [-0.05, 0) is 48.5 Å². The van der Waals surface area contributed by atoms with Crippen molar-refractivity contribution in [1.82, 2.24) is 0 Å². The molecule has 0 N–H and O–H groups in total. The summed E-state index contributed by atoms with van der Waals surface area (Å²) in [4.78, 5) is -2.98. The average Bonchev–Trinajstić information content (AvgIpc) is 3.02. The summed E-state index contributed by atoms with van der Waals surface area (Å²) in [7, 11) is -15.8. The van der Waals surface area contributed by atoms with Crippen LogP contribution >= 0.6 is 0 Å². The number of ether oxygens (including phenoxy) is 4. The van der Waals surface area contributed by atoms with Crippen LogP contribution in [0.2, 0.25) is 0 Å². The number of methoxy groups -OCH3 is 4. The maximum absolute atomic E-state index is 12.4. The van der Waals surface area contributed by atoms with Crippen LogP contribution in [0.1, 0.15) is 44.5 Å². The van der Waals surface area contributed by atoms with E-state index in [1.807, 2.05) is 0 Å². The van der Waals surface area contributed by atoms with E-state index in [1.54, 1.807) is 0 Å². The zero-order valence-electron chi connectivity index (χ0n) is 31.6. The van der Waals surface area contributed by atoms with Crippen molar-refractivity contribution in [2.75, 3.05) is 28.4 Å². The quantitative estimate of drug-likeness (QED) is 0.103. The smallest absolute Gasteiger partial charge is 0.744 e. The molecule has 0 fully saturated rings. The van der Waals surface area contributed by atoms with E-state index in [1.165, 1.54) is 28.4 Å². The molecule has 4 aromatic carbocycles. The summed E-state index contributed by atoms with van der Waals surface area (Å²) in [6, 6.07) is 7.81. The molecule has 0 saturated carbocycles. The second-order valence-corrected chi connectivity index (χ2v) is 17.1. The van der Waals surface area contributed by atoms with Crippen molar-refractivity contribution in [3.63, 3.8) is 0 Å². The van der Waals surface area contributed by atoms with Crippen LogP contribution in [0.5, 0.6) is 23.0 Å². The van der Waals surface area contributed by atoms with Crippen LogP contribution < -0.4 is 137 Å². The van der Waals surface area contributed by atoms with E-state index in [2.05, 4.69) is 0 Å². The van der Waals surface area contributed by atoms with Crippen molar-refractivity contribution >= 4 is 40.5 Å². The average molecular weight is 889 g/mol. The van der Waals surface area contributed by atoms with E-state index < -0.39 is 85.7 Å². The molecule has 0 aliphatic heterocycles. The Balaban J connectivity index is 0.00000392. The first kappa shape index (κ1) is 53.7.